The van der Waals surface area contributed by atoms with Crippen LogP contribution in [0.25, 0.3) is 21.5 Å². The summed E-state index contributed by atoms with van der Waals surface area (Å²) < 4.78 is 12.0. The Hall–Kier alpha value is -2.99. The van der Waals surface area contributed by atoms with Crippen LogP contribution in [0.2, 0.25) is 0 Å². The molecule has 25 heavy (non-hydrogen) atoms. The molecule has 0 N–H and O–H groups in total. The zero-order valence-electron chi connectivity index (χ0n) is 13.4. The van der Waals surface area contributed by atoms with Crippen LogP contribution in [-0.4, -0.2) is 16.2 Å². The summed E-state index contributed by atoms with van der Waals surface area (Å²) in [5.41, 5.74) is 1.76. The molecule has 0 fully saturated rings. The van der Waals surface area contributed by atoms with Crippen molar-refractivity contribution in [3.63, 3.8) is 0 Å². The van der Waals surface area contributed by atoms with Crippen molar-refractivity contribution in [1.29, 1.82) is 0 Å². The van der Waals surface area contributed by atoms with E-state index in [9.17, 15) is 4.79 Å². The number of hydrogen-bond donors (Lipinski definition) is 0. The topological polar surface area (TPSA) is 65.2 Å². The fourth-order valence-electron chi connectivity index (χ4n) is 2.57. The Bertz CT molecular complexity index is 1040. The van der Waals surface area contributed by atoms with Crippen LogP contribution in [0.15, 0.2) is 59.0 Å². The predicted octanol–water partition coefficient (Wildman–Crippen LogP) is 4.62. The lowest BCUT2D eigenvalue weighted by molar-refractivity contribution is 0.0444. The summed E-state index contributed by atoms with van der Waals surface area (Å²) in [6.45, 7) is 1.88. The Morgan fingerprint density at radius 3 is 2.64 bits per heavy atom. The zero-order chi connectivity index (χ0) is 17.2. The molecular formula is C19H14N2O3S. The number of ether oxygens (including phenoxy) is 1. The van der Waals surface area contributed by atoms with Gasteiger partial charge >= 0.3 is 5.97 Å². The van der Waals surface area contributed by atoms with Gasteiger partial charge in [0.25, 0.3) is 5.89 Å². The largest absolute Gasteiger partial charge is 0.451 e. The van der Waals surface area contributed by atoms with Crippen LogP contribution in [0.5, 0.6) is 0 Å². The summed E-state index contributed by atoms with van der Waals surface area (Å²) in [5, 5.41) is 8.99. The first kappa shape index (κ1) is 15.5. The van der Waals surface area contributed by atoms with E-state index < -0.39 is 0 Å². The quantitative estimate of drug-likeness (QED) is 0.503. The van der Waals surface area contributed by atoms with Gasteiger partial charge in [-0.15, -0.1) is 21.5 Å². The van der Waals surface area contributed by atoms with E-state index in [0.717, 1.165) is 21.2 Å². The number of rotatable bonds is 4. The van der Waals surface area contributed by atoms with Gasteiger partial charge < -0.3 is 9.15 Å². The molecule has 2 aromatic carbocycles. The third-order valence-electron chi connectivity index (χ3n) is 3.84. The van der Waals surface area contributed by atoms with E-state index in [-0.39, 0.29) is 18.5 Å². The van der Waals surface area contributed by atoms with Gasteiger partial charge in [0.1, 0.15) is 4.88 Å². The molecule has 2 heterocycles. The normalized spacial score (nSPS) is 10.9. The Kier molecular flexibility index (Phi) is 4.03. The van der Waals surface area contributed by atoms with E-state index in [1.165, 1.54) is 11.3 Å². The average Bonchev–Trinajstić information content (AvgIpc) is 3.26. The van der Waals surface area contributed by atoms with E-state index in [1.54, 1.807) is 0 Å². The van der Waals surface area contributed by atoms with Gasteiger partial charge in [-0.25, -0.2) is 4.79 Å². The molecule has 4 aromatic rings. The van der Waals surface area contributed by atoms with Crippen LogP contribution in [0, 0.1) is 6.92 Å². The van der Waals surface area contributed by atoms with Gasteiger partial charge in [0.15, 0.2) is 6.61 Å². The third-order valence-corrected chi connectivity index (χ3v) is 5.10. The van der Waals surface area contributed by atoms with Crippen LogP contribution in [0.3, 0.4) is 0 Å². The minimum atomic E-state index is -0.377. The second-order valence-corrected chi connectivity index (χ2v) is 6.55. The number of carbonyl (C=O) groups is 1. The maximum atomic E-state index is 12.4. The van der Waals surface area contributed by atoms with E-state index in [4.69, 9.17) is 9.15 Å². The van der Waals surface area contributed by atoms with Gasteiger partial charge in [-0.2, -0.15) is 0 Å². The molecule has 2 aromatic heterocycles. The van der Waals surface area contributed by atoms with Crippen LogP contribution in [-0.2, 0) is 11.3 Å². The number of thiophene rings is 1. The molecule has 0 bridgehead atoms. The summed E-state index contributed by atoms with van der Waals surface area (Å²) >= 11 is 1.43. The van der Waals surface area contributed by atoms with Gasteiger partial charge in [-0.3, -0.25) is 0 Å². The lowest BCUT2D eigenvalue weighted by Gasteiger charge is -2.00. The first-order chi connectivity index (χ1) is 12.2. The molecule has 0 radical (unpaired) electrons. The van der Waals surface area contributed by atoms with Crippen molar-refractivity contribution in [2.24, 2.45) is 0 Å². The second kappa shape index (κ2) is 6.49. The van der Waals surface area contributed by atoms with Crippen molar-refractivity contribution < 1.29 is 13.9 Å². The third kappa shape index (κ3) is 3.04. The number of aryl methyl sites for hydroxylation is 1. The average molecular weight is 350 g/mol. The molecule has 0 unspecified atom stereocenters. The van der Waals surface area contributed by atoms with E-state index in [0.29, 0.717) is 10.8 Å². The van der Waals surface area contributed by atoms with Crippen molar-refractivity contribution in [2.75, 3.05) is 0 Å². The molecule has 0 amide bonds. The lowest BCUT2D eigenvalue weighted by atomic mass is 10.1. The SMILES string of the molecule is Cc1c(C(=O)OCc2nnc(-c3ccccc3)o2)sc2ccccc12. The zero-order valence-corrected chi connectivity index (χ0v) is 14.2. The highest BCUT2D eigenvalue weighted by atomic mass is 32.1. The second-order valence-electron chi connectivity index (χ2n) is 5.50. The Balaban J connectivity index is 1.48. The summed E-state index contributed by atoms with van der Waals surface area (Å²) in [5.74, 6) is 0.300. The summed E-state index contributed by atoms with van der Waals surface area (Å²) in [4.78, 5) is 13.0. The molecule has 5 nitrogen and oxygen atoms in total. The number of fused-ring (bicyclic) bond motifs is 1. The Morgan fingerprint density at radius 1 is 1.08 bits per heavy atom. The van der Waals surface area contributed by atoms with Crippen molar-refractivity contribution >= 4 is 27.4 Å². The first-order valence-corrected chi connectivity index (χ1v) is 8.57. The van der Waals surface area contributed by atoms with Gasteiger partial charge in [0.2, 0.25) is 5.89 Å². The Morgan fingerprint density at radius 2 is 1.84 bits per heavy atom. The molecule has 0 aliphatic rings. The summed E-state index contributed by atoms with van der Waals surface area (Å²) in [7, 11) is 0. The standard InChI is InChI=1S/C19H14N2O3S/c1-12-14-9-5-6-10-15(14)25-17(12)19(22)23-11-16-20-21-18(24-16)13-7-3-2-4-8-13/h2-10H,11H2,1H3. The Labute approximate surface area is 147 Å². The fourth-order valence-corrected chi connectivity index (χ4v) is 3.67. The molecule has 0 saturated heterocycles. The predicted molar refractivity (Wildman–Crippen MR) is 95.4 cm³/mol. The highest BCUT2D eigenvalue weighted by Gasteiger charge is 2.18. The number of benzene rings is 2. The molecule has 0 aliphatic carbocycles. The van der Waals surface area contributed by atoms with Crippen molar-refractivity contribution in [1.82, 2.24) is 10.2 Å². The first-order valence-electron chi connectivity index (χ1n) is 7.75. The molecule has 0 atom stereocenters. The van der Waals surface area contributed by atoms with Crippen molar-refractivity contribution in [3.8, 4) is 11.5 Å². The van der Waals surface area contributed by atoms with Crippen LogP contribution in [0.4, 0.5) is 0 Å². The highest BCUT2D eigenvalue weighted by molar-refractivity contribution is 7.21. The van der Waals surface area contributed by atoms with Gasteiger partial charge in [-0.1, -0.05) is 36.4 Å². The molecule has 6 heteroatoms. The van der Waals surface area contributed by atoms with Gasteiger partial charge in [0.05, 0.1) is 0 Å². The number of nitrogens with zero attached hydrogens (tertiary/aromatic N) is 2. The number of aromatic nitrogens is 2. The molecule has 0 spiro atoms. The number of hydrogen-bond acceptors (Lipinski definition) is 6. The molecule has 0 saturated carbocycles. The number of carbonyl (C=O) groups excluding carboxylic acids is 1. The molecular weight excluding hydrogens is 336 g/mol. The van der Waals surface area contributed by atoms with E-state index in [2.05, 4.69) is 10.2 Å². The van der Waals surface area contributed by atoms with Crippen molar-refractivity contribution in [3.05, 3.63) is 70.9 Å². The van der Waals surface area contributed by atoms with Crippen LogP contribution >= 0.6 is 11.3 Å². The maximum absolute atomic E-state index is 12.4. The minimum absolute atomic E-state index is 0.0493. The van der Waals surface area contributed by atoms with Crippen LogP contribution in [0.1, 0.15) is 21.1 Å². The highest BCUT2D eigenvalue weighted by Crippen LogP contribution is 2.31. The fraction of sp³-hybridized carbons (Fsp3) is 0.105. The molecule has 4 rings (SSSR count). The summed E-state index contributed by atoms with van der Waals surface area (Å²) in [6, 6.07) is 17.4. The minimum Gasteiger partial charge on any atom is -0.451 e. The van der Waals surface area contributed by atoms with E-state index in [1.807, 2.05) is 61.5 Å². The van der Waals surface area contributed by atoms with Gasteiger partial charge in [-0.05, 0) is 36.1 Å². The summed E-state index contributed by atoms with van der Waals surface area (Å²) in [6.07, 6.45) is 0. The van der Waals surface area contributed by atoms with Gasteiger partial charge in [0, 0.05) is 10.3 Å². The maximum Gasteiger partial charge on any atom is 0.349 e. The molecule has 124 valence electrons. The lowest BCUT2D eigenvalue weighted by Crippen LogP contribution is -2.04. The van der Waals surface area contributed by atoms with E-state index >= 15 is 0 Å². The monoisotopic (exact) mass is 350 g/mol. The van der Waals surface area contributed by atoms with Crippen LogP contribution < -0.4 is 0 Å². The number of esters is 1. The smallest absolute Gasteiger partial charge is 0.349 e. The van der Waals surface area contributed by atoms with Crippen molar-refractivity contribution in [2.45, 2.75) is 13.5 Å². The molecule has 0 aliphatic heterocycles.